The first-order valence-electron chi connectivity index (χ1n) is 8.88. The molecule has 8 nitrogen and oxygen atoms in total. The minimum atomic E-state index is -0.664. The molecule has 0 aromatic heterocycles. The Balaban J connectivity index is 1.73. The van der Waals surface area contributed by atoms with E-state index in [-0.39, 0.29) is 51.8 Å². The molecule has 1 heterocycles. The van der Waals surface area contributed by atoms with Gasteiger partial charge in [0.15, 0.2) is 5.76 Å². The molecule has 0 saturated heterocycles. The Bertz CT molecular complexity index is 1220. The highest BCUT2D eigenvalue weighted by molar-refractivity contribution is 6.16. The molecule has 1 aliphatic rings. The van der Waals surface area contributed by atoms with E-state index in [2.05, 4.69) is 0 Å². The summed E-state index contributed by atoms with van der Waals surface area (Å²) in [5, 5.41) is 41.9. The van der Waals surface area contributed by atoms with Crippen LogP contribution in [0.1, 0.15) is 27.0 Å². The molecule has 0 bridgehead atoms. The number of aromatic hydroxyl groups is 3. The van der Waals surface area contributed by atoms with Crippen LogP contribution in [-0.2, 0) is 6.42 Å². The SMILES string of the molecule is O=C1/C(=C/c2cc([N+](=O)[O-])ccc2O)Oc2cc(O)c(Cc3ccccc3)c(O)c21. The van der Waals surface area contributed by atoms with E-state index in [1.54, 1.807) is 0 Å². The molecule has 0 unspecified atom stereocenters. The average Bonchev–Trinajstić information content (AvgIpc) is 3.02. The Morgan fingerprint density at radius 1 is 1.00 bits per heavy atom. The number of nitro groups is 1. The van der Waals surface area contributed by atoms with Crippen LogP contribution in [0.25, 0.3) is 6.08 Å². The van der Waals surface area contributed by atoms with E-state index in [1.807, 2.05) is 30.3 Å². The number of benzene rings is 3. The molecule has 0 spiro atoms. The lowest BCUT2D eigenvalue weighted by Crippen LogP contribution is -2.00. The molecule has 0 atom stereocenters. The lowest BCUT2D eigenvalue weighted by molar-refractivity contribution is -0.384. The number of ether oxygens (including phenoxy) is 1. The van der Waals surface area contributed by atoms with Crippen LogP contribution in [-0.4, -0.2) is 26.0 Å². The second-order valence-electron chi connectivity index (χ2n) is 6.70. The minimum Gasteiger partial charge on any atom is -0.507 e. The Kier molecular flexibility index (Phi) is 4.59. The normalized spacial score (nSPS) is 13.9. The van der Waals surface area contributed by atoms with Crippen molar-refractivity contribution in [2.75, 3.05) is 0 Å². The maximum Gasteiger partial charge on any atom is 0.270 e. The number of allylic oxidation sites excluding steroid dienone is 1. The number of fused-ring (bicyclic) bond motifs is 1. The third-order valence-corrected chi connectivity index (χ3v) is 4.75. The zero-order valence-corrected chi connectivity index (χ0v) is 15.4. The number of hydrogen-bond donors (Lipinski definition) is 3. The Hall–Kier alpha value is -4.33. The lowest BCUT2D eigenvalue weighted by atomic mass is 9.98. The van der Waals surface area contributed by atoms with E-state index in [9.17, 15) is 30.2 Å². The molecule has 0 radical (unpaired) electrons. The van der Waals surface area contributed by atoms with Crippen LogP contribution in [0.2, 0.25) is 0 Å². The molecule has 3 aromatic carbocycles. The molecule has 3 aromatic rings. The van der Waals surface area contributed by atoms with E-state index >= 15 is 0 Å². The van der Waals surface area contributed by atoms with Crippen LogP contribution in [0.15, 0.2) is 60.4 Å². The van der Waals surface area contributed by atoms with Crippen molar-refractivity contribution < 1.29 is 29.8 Å². The number of hydrogen-bond acceptors (Lipinski definition) is 7. The lowest BCUT2D eigenvalue weighted by Gasteiger charge is -2.10. The zero-order chi connectivity index (χ0) is 21.4. The van der Waals surface area contributed by atoms with Gasteiger partial charge in [0, 0.05) is 35.7 Å². The highest BCUT2D eigenvalue weighted by atomic mass is 16.6. The maximum absolute atomic E-state index is 12.8. The molecule has 4 rings (SSSR count). The van der Waals surface area contributed by atoms with Gasteiger partial charge in [-0.3, -0.25) is 14.9 Å². The van der Waals surface area contributed by atoms with E-state index < -0.39 is 16.5 Å². The summed E-state index contributed by atoms with van der Waals surface area (Å²) >= 11 is 0. The Morgan fingerprint density at radius 3 is 2.43 bits per heavy atom. The first-order valence-corrected chi connectivity index (χ1v) is 8.88. The quantitative estimate of drug-likeness (QED) is 0.341. The molecule has 0 amide bonds. The van der Waals surface area contributed by atoms with Crippen molar-refractivity contribution in [3.05, 3.63) is 92.7 Å². The summed E-state index contributed by atoms with van der Waals surface area (Å²) in [6.07, 6.45) is 1.35. The van der Waals surface area contributed by atoms with Crippen LogP contribution < -0.4 is 4.74 Å². The van der Waals surface area contributed by atoms with Gasteiger partial charge >= 0.3 is 0 Å². The van der Waals surface area contributed by atoms with Crippen molar-refractivity contribution in [1.82, 2.24) is 0 Å². The summed E-state index contributed by atoms with van der Waals surface area (Å²) < 4.78 is 5.46. The number of phenols is 3. The predicted octanol–water partition coefficient (Wildman–Crippen LogP) is 3.92. The van der Waals surface area contributed by atoms with E-state index in [1.165, 1.54) is 6.07 Å². The topological polar surface area (TPSA) is 130 Å². The Morgan fingerprint density at radius 2 is 1.73 bits per heavy atom. The molecule has 3 N–H and O–H groups in total. The molecule has 0 aliphatic carbocycles. The molecule has 0 saturated carbocycles. The second kappa shape index (κ2) is 7.25. The second-order valence-corrected chi connectivity index (χ2v) is 6.70. The number of carbonyl (C=O) groups excluding carboxylic acids is 1. The van der Waals surface area contributed by atoms with E-state index in [4.69, 9.17) is 4.74 Å². The van der Waals surface area contributed by atoms with Gasteiger partial charge in [0.1, 0.15) is 28.6 Å². The summed E-state index contributed by atoms with van der Waals surface area (Å²) in [7, 11) is 0. The molecule has 150 valence electrons. The third-order valence-electron chi connectivity index (χ3n) is 4.75. The highest BCUT2D eigenvalue weighted by Crippen LogP contribution is 2.45. The van der Waals surface area contributed by atoms with E-state index in [0.29, 0.717) is 0 Å². The molecule has 1 aliphatic heterocycles. The van der Waals surface area contributed by atoms with Crippen LogP contribution in [0.4, 0.5) is 5.69 Å². The summed E-state index contributed by atoms with van der Waals surface area (Å²) in [5.74, 6) is -1.86. The predicted molar refractivity (Wildman–Crippen MR) is 107 cm³/mol. The minimum absolute atomic E-state index is 0.00794. The molecule has 0 fully saturated rings. The number of carbonyl (C=O) groups is 1. The number of nitro benzene ring substituents is 1. The van der Waals surface area contributed by atoms with Crippen molar-refractivity contribution in [2.45, 2.75) is 6.42 Å². The average molecular weight is 405 g/mol. The zero-order valence-electron chi connectivity index (χ0n) is 15.4. The van der Waals surface area contributed by atoms with Gasteiger partial charge in [0.2, 0.25) is 5.78 Å². The first kappa shape index (κ1) is 19.0. The highest BCUT2D eigenvalue weighted by Gasteiger charge is 2.34. The van der Waals surface area contributed by atoms with Crippen molar-refractivity contribution in [3.8, 4) is 23.0 Å². The molecular formula is C22H15NO7. The maximum atomic E-state index is 12.8. The summed E-state index contributed by atoms with van der Waals surface area (Å²) in [4.78, 5) is 23.1. The van der Waals surface area contributed by atoms with Gasteiger partial charge in [-0.05, 0) is 17.7 Å². The summed E-state index contributed by atoms with van der Waals surface area (Å²) in [5.41, 5.74) is 0.625. The van der Waals surface area contributed by atoms with Crippen LogP contribution >= 0.6 is 0 Å². The summed E-state index contributed by atoms with van der Waals surface area (Å²) in [6.45, 7) is 0. The monoisotopic (exact) mass is 405 g/mol. The van der Waals surface area contributed by atoms with Crippen LogP contribution in [0.5, 0.6) is 23.0 Å². The Labute approximate surface area is 170 Å². The fourth-order valence-corrected chi connectivity index (χ4v) is 3.24. The largest absolute Gasteiger partial charge is 0.507 e. The first-order chi connectivity index (χ1) is 14.3. The molecule has 30 heavy (non-hydrogen) atoms. The van der Waals surface area contributed by atoms with Gasteiger partial charge in [-0.1, -0.05) is 30.3 Å². The number of Topliss-reactive ketones (excluding diaryl/α,β-unsaturated/α-hetero) is 1. The van der Waals surface area contributed by atoms with Crippen molar-refractivity contribution >= 4 is 17.5 Å². The summed E-state index contributed by atoms with van der Waals surface area (Å²) in [6, 6.07) is 13.7. The van der Waals surface area contributed by atoms with Gasteiger partial charge in [-0.15, -0.1) is 0 Å². The van der Waals surface area contributed by atoms with Gasteiger partial charge < -0.3 is 20.1 Å². The number of ketones is 1. The van der Waals surface area contributed by atoms with Gasteiger partial charge in [-0.2, -0.15) is 0 Å². The van der Waals surface area contributed by atoms with Crippen molar-refractivity contribution in [3.63, 3.8) is 0 Å². The van der Waals surface area contributed by atoms with Crippen LogP contribution in [0, 0.1) is 10.1 Å². The third kappa shape index (κ3) is 3.30. The number of non-ortho nitro benzene ring substituents is 1. The smallest absolute Gasteiger partial charge is 0.270 e. The van der Waals surface area contributed by atoms with Gasteiger partial charge in [-0.25, -0.2) is 0 Å². The van der Waals surface area contributed by atoms with Crippen LogP contribution in [0.3, 0.4) is 0 Å². The molecular weight excluding hydrogens is 390 g/mol. The number of nitrogens with zero attached hydrogens (tertiary/aromatic N) is 1. The van der Waals surface area contributed by atoms with Gasteiger partial charge in [0.25, 0.3) is 5.69 Å². The van der Waals surface area contributed by atoms with Crippen molar-refractivity contribution in [1.29, 1.82) is 0 Å². The number of phenolic OH excluding ortho intramolecular Hbond substituents is 3. The number of rotatable bonds is 4. The standard InChI is InChI=1S/C22H15NO7/c24-16-7-6-14(23(28)29)9-13(16)10-19-22(27)20-18(30-19)11-17(25)15(21(20)26)8-12-4-2-1-3-5-12/h1-7,9-11,24-26H,8H2/b19-10-. The van der Waals surface area contributed by atoms with Gasteiger partial charge in [0.05, 0.1) is 4.92 Å². The fourth-order valence-electron chi connectivity index (χ4n) is 3.24. The molecule has 8 heteroatoms. The van der Waals surface area contributed by atoms with E-state index in [0.717, 1.165) is 29.8 Å². The van der Waals surface area contributed by atoms with Crippen molar-refractivity contribution in [2.24, 2.45) is 0 Å². The fraction of sp³-hybridized carbons (Fsp3) is 0.0455.